The van der Waals surface area contributed by atoms with Gasteiger partial charge in [-0.3, -0.25) is 0 Å². The fraction of sp³-hybridized carbons (Fsp3) is 0.375. The molecule has 0 N–H and O–H groups in total. The predicted octanol–water partition coefficient (Wildman–Crippen LogP) is 1.33. The second-order valence-corrected chi connectivity index (χ2v) is 8.08. The molecule has 1 aromatic heterocycles. The van der Waals surface area contributed by atoms with E-state index in [4.69, 9.17) is 0 Å². The molecular formula is C16H19F2N5O2S. The van der Waals surface area contributed by atoms with Crippen LogP contribution >= 0.6 is 0 Å². The van der Waals surface area contributed by atoms with Gasteiger partial charge in [0, 0.05) is 46.3 Å². The standard InChI is InChI=1S/C16H19F2N5O2S/c1-21(2)15-3-4-16(20-19-15)22-5-7-23(8-6-22)26(24,25)14-10-12(17)9-13(18)11-14/h3-4,9-11H,5-8H2,1-2H3. The second-order valence-electron chi connectivity index (χ2n) is 6.14. The van der Waals surface area contributed by atoms with Crippen LogP contribution in [-0.4, -0.2) is 63.2 Å². The third-order valence-electron chi connectivity index (χ3n) is 4.13. The summed E-state index contributed by atoms with van der Waals surface area (Å²) >= 11 is 0. The highest BCUT2D eigenvalue weighted by molar-refractivity contribution is 7.89. The molecule has 0 radical (unpaired) electrons. The maximum absolute atomic E-state index is 13.3. The van der Waals surface area contributed by atoms with E-state index in [0.29, 0.717) is 25.0 Å². The third kappa shape index (κ3) is 3.75. The van der Waals surface area contributed by atoms with E-state index >= 15 is 0 Å². The molecular weight excluding hydrogens is 364 g/mol. The topological polar surface area (TPSA) is 69.6 Å². The molecule has 2 aromatic rings. The average molecular weight is 383 g/mol. The van der Waals surface area contributed by atoms with Gasteiger partial charge >= 0.3 is 0 Å². The number of hydrogen-bond donors (Lipinski definition) is 0. The number of benzene rings is 1. The monoisotopic (exact) mass is 383 g/mol. The molecule has 26 heavy (non-hydrogen) atoms. The van der Waals surface area contributed by atoms with Gasteiger partial charge in [-0.15, -0.1) is 10.2 Å². The largest absolute Gasteiger partial charge is 0.361 e. The second kappa shape index (κ2) is 7.12. The van der Waals surface area contributed by atoms with Crippen molar-refractivity contribution < 1.29 is 17.2 Å². The molecule has 0 unspecified atom stereocenters. The van der Waals surface area contributed by atoms with Crippen LogP contribution in [-0.2, 0) is 10.0 Å². The van der Waals surface area contributed by atoms with E-state index in [1.807, 2.05) is 36.0 Å². The highest BCUT2D eigenvalue weighted by Gasteiger charge is 2.29. The number of nitrogens with zero attached hydrogens (tertiary/aromatic N) is 5. The Morgan fingerprint density at radius 1 is 0.962 bits per heavy atom. The molecule has 0 atom stereocenters. The zero-order valence-corrected chi connectivity index (χ0v) is 15.2. The van der Waals surface area contributed by atoms with Crippen molar-refractivity contribution in [3.8, 4) is 0 Å². The summed E-state index contributed by atoms with van der Waals surface area (Å²) in [6.07, 6.45) is 0. The molecule has 0 amide bonds. The van der Waals surface area contributed by atoms with Gasteiger partial charge in [-0.2, -0.15) is 4.31 Å². The van der Waals surface area contributed by atoms with Crippen molar-refractivity contribution >= 4 is 21.7 Å². The van der Waals surface area contributed by atoms with Crippen LogP contribution < -0.4 is 9.80 Å². The average Bonchev–Trinajstić information content (AvgIpc) is 2.61. The Bertz CT molecular complexity index is 862. The Kier molecular flexibility index (Phi) is 5.05. The summed E-state index contributed by atoms with van der Waals surface area (Å²) in [5.41, 5.74) is 0. The van der Waals surface area contributed by atoms with Gasteiger partial charge in [0.05, 0.1) is 4.90 Å². The molecule has 0 spiro atoms. The predicted molar refractivity (Wildman–Crippen MR) is 93.7 cm³/mol. The van der Waals surface area contributed by atoms with Gasteiger partial charge < -0.3 is 9.80 Å². The Morgan fingerprint density at radius 2 is 1.58 bits per heavy atom. The Balaban J connectivity index is 1.71. The first-order chi connectivity index (χ1) is 12.3. The molecule has 0 aliphatic carbocycles. The molecule has 2 heterocycles. The van der Waals surface area contributed by atoms with Crippen LogP contribution in [0.25, 0.3) is 0 Å². The minimum atomic E-state index is -3.95. The van der Waals surface area contributed by atoms with Crippen LogP contribution in [0, 0.1) is 11.6 Å². The number of sulfonamides is 1. The third-order valence-corrected chi connectivity index (χ3v) is 6.01. The summed E-state index contributed by atoms with van der Waals surface area (Å²) in [6, 6.07) is 5.97. The smallest absolute Gasteiger partial charge is 0.243 e. The fourth-order valence-electron chi connectivity index (χ4n) is 2.71. The van der Waals surface area contributed by atoms with Gasteiger partial charge in [-0.05, 0) is 24.3 Å². The van der Waals surface area contributed by atoms with Crippen molar-refractivity contribution in [3.63, 3.8) is 0 Å². The van der Waals surface area contributed by atoms with Crippen LogP contribution in [0.3, 0.4) is 0 Å². The normalized spacial score (nSPS) is 15.9. The first kappa shape index (κ1) is 18.5. The SMILES string of the molecule is CN(C)c1ccc(N2CCN(S(=O)(=O)c3cc(F)cc(F)c3)CC2)nn1. The summed E-state index contributed by atoms with van der Waals surface area (Å²) in [6.45, 7) is 1.20. The van der Waals surface area contributed by atoms with Crippen LogP contribution in [0.15, 0.2) is 35.2 Å². The van der Waals surface area contributed by atoms with Gasteiger partial charge in [0.15, 0.2) is 11.6 Å². The molecule has 1 aliphatic rings. The van der Waals surface area contributed by atoms with Crippen LogP contribution in [0.1, 0.15) is 0 Å². The molecule has 1 aromatic carbocycles. The van der Waals surface area contributed by atoms with Gasteiger partial charge in [-0.1, -0.05) is 0 Å². The first-order valence-electron chi connectivity index (χ1n) is 7.99. The molecule has 0 saturated carbocycles. The van der Waals surface area contributed by atoms with Crippen molar-refractivity contribution in [2.45, 2.75) is 4.90 Å². The number of halogens is 2. The Morgan fingerprint density at radius 3 is 2.08 bits per heavy atom. The lowest BCUT2D eigenvalue weighted by molar-refractivity contribution is 0.383. The van der Waals surface area contributed by atoms with Gasteiger partial charge in [-0.25, -0.2) is 17.2 Å². The molecule has 140 valence electrons. The van der Waals surface area contributed by atoms with E-state index in [2.05, 4.69) is 10.2 Å². The first-order valence-corrected chi connectivity index (χ1v) is 9.43. The van der Waals surface area contributed by atoms with E-state index < -0.39 is 21.7 Å². The summed E-state index contributed by atoms with van der Waals surface area (Å²) in [5.74, 6) is -0.454. The summed E-state index contributed by atoms with van der Waals surface area (Å²) in [5, 5.41) is 8.27. The number of anilines is 2. The lowest BCUT2D eigenvalue weighted by atomic mass is 10.3. The number of hydrogen-bond acceptors (Lipinski definition) is 6. The van der Waals surface area contributed by atoms with Gasteiger partial charge in [0.2, 0.25) is 10.0 Å². The van der Waals surface area contributed by atoms with E-state index in [-0.39, 0.29) is 18.0 Å². The quantitative estimate of drug-likeness (QED) is 0.794. The highest BCUT2D eigenvalue weighted by Crippen LogP contribution is 2.22. The molecule has 1 fully saturated rings. The van der Waals surface area contributed by atoms with Crippen molar-refractivity contribution in [1.82, 2.24) is 14.5 Å². The van der Waals surface area contributed by atoms with Crippen LogP contribution in [0.5, 0.6) is 0 Å². The van der Waals surface area contributed by atoms with E-state index in [1.54, 1.807) is 0 Å². The zero-order chi connectivity index (χ0) is 18.9. The maximum Gasteiger partial charge on any atom is 0.243 e. The van der Waals surface area contributed by atoms with Crippen molar-refractivity contribution in [2.75, 3.05) is 50.1 Å². The minimum Gasteiger partial charge on any atom is -0.361 e. The lowest BCUT2D eigenvalue weighted by Crippen LogP contribution is -2.49. The zero-order valence-electron chi connectivity index (χ0n) is 14.4. The van der Waals surface area contributed by atoms with Gasteiger partial charge in [0.25, 0.3) is 0 Å². The highest BCUT2D eigenvalue weighted by atomic mass is 32.2. The maximum atomic E-state index is 13.3. The fourth-order valence-corrected chi connectivity index (χ4v) is 4.17. The number of rotatable bonds is 4. The van der Waals surface area contributed by atoms with Crippen LogP contribution in [0.4, 0.5) is 20.4 Å². The molecule has 1 aliphatic heterocycles. The van der Waals surface area contributed by atoms with E-state index in [0.717, 1.165) is 18.0 Å². The van der Waals surface area contributed by atoms with Crippen molar-refractivity contribution in [1.29, 1.82) is 0 Å². The van der Waals surface area contributed by atoms with Crippen molar-refractivity contribution in [2.24, 2.45) is 0 Å². The Hall–Kier alpha value is -2.33. The summed E-state index contributed by atoms with van der Waals surface area (Å²) in [4.78, 5) is 3.38. The van der Waals surface area contributed by atoms with Crippen LogP contribution in [0.2, 0.25) is 0 Å². The molecule has 0 bridgehead atoms. The lowest BCUT2D eigenvalue weighted by Gasteiger charge is -2.34. The minimum absolute atomic E-state index is 0.192. The van der Waals surface area contributed by atoms with E-state index in [1.165, 1.54) is 4.31 Å². The van der Waals surface area contributed by atoms with Crippen molar-refractivity contribution in [3.05, 3.63) is 42.0 Å². The summed E-state index contributed by atoms with van der Waals surface area (Å²) in [7, 11) is -0.219. The molecule has 1 saturated heterocycles. The molecule has 10 heteroatoms. The summed E-state index contributed by atoms with van der Waals surface area (Å²) < 4.78 is 53.1. The molecule has 3 rings (SSSR count). The van der Waals surface area contributed by atoms with Gasteiger partial charge in [0.1, 0.15) is 11.6 Å². The number of piperazine rings is 1. The molecule has 7 nitrogen and oxygen atoms in total. The van der Waals surface area contributed by atoms with E-state index in [9.17, 15) is 17.2 Å². The Labute approximate surface area is 150 Å². The number of aromatic nitrogens is 2.